The summed E-state index contributed by atoms with van der Waals surface area (Å²) in [6, 6.07) is 8.46. The largest absolute Gasteiger partial charge is 0.314 e. The van der Waals surface area contributed by atoms with Crippen LogP contribution >= 0.6 is 0 Å². The number of piperazine rings is 1. The molecule has 0 unspecified atom stereocenters. The van der Waals surface area contributed by atoms with E-state index < -0.39 is 0 Å². The Morgan fingerprint density at radius 1 is 1.24 bits per heavy atom. The molecule has 0 spiro atoms. The average molecular weight is 287 g/mol. The summed E-state index contributed by atoms with van der Waals surface area (Å²) in [5, 5.41) is 9.35. The van der Waals surface area contributed by atoms with Gasteiger partial charge in [-0.25, -0.2) is 0 Å². The summed E-state index contributed by atoms with van der Waals surface area (Å²) in [6.07, 6.45) is 0. The molecule has 114 valence electrons. The molecule has 1 aliphatic heterocycles. The maximum atomic E-state index is 4.68. The van der Waals surface area contributed by atoms with E-state index in [-0.39, 0.29) is 0 Å². The number of aryl methyl sites for hydroxylation is 1. The summed E-state index contributed by atoms with van der Waals surface area (Å²) in [5.74, 6) is 0. The van der Waals surface area contributed by atoms with E-state index >= 15 is 0 Å². The van der Waals surface area contributed by atoms with Gasteiger partial charge in [-0.1, -0.05) is 18.2 Å². The molecule has 0 aliphatic carbocycles. The van der Waals surface area contributed by atoms with Crippen LogP contribution < -0.4 is 5.32 Å². The third-order valence-electron chi connectivity index (χ3n) is 4.26. The first kappa shape index (κ1) is 14.5. The highest BCUT2D eigenvalue weighted by Gasteiger charge is 2.13. The Morgan fingerprint density at radius 3 is 2.81 bits per heavy atom. The van der Waals surface area contributed by atoms with E-state index in [2.05, 4.69) is 51.5 Å². The van der Waals surface area contributed by atoms with Crippen LogP contribution in [0.1, 0.15) is 5.69 Å². The van der Waals surface area contributed by atoms with Gasteiger partial charge in [-0.3, -0.25) is 14.5 Å². The Bertz CT molecular complexity index is 585. The second-order valence-corrected chi connectivity index (χ2v) is 5.92. The van der Waals surface area contributed by atoms with Crippen molar-refractivity contribution in [3.8, 4) is 0 Å². The molecule has 1 N–H and O–H groups in total. The van der Waals surface area contributed by atoms with E-state index in [9.17, 15) is 0 Å². The van der Waals surface area contributed by atoms with Crippen molar-refractivity contribution in [1.29, 1.82) is 0 Å². The van der Waals surface area contributed by atoms with Crippen molar-refractivity contribution in [1.82, 2.24) is 24.9 Å². The smallest absolute Gasteiger partial charge is 0.0843 e. The summed E-state index contributed by atoms with van der Waals surface area (Å²) in [4.78, 5) is 4.90. The number of aromatic nitrogens is 2. The first-order valence-electron chi connectivity index (χ1n) is 7.76. The van der Waals surface area contributed by atoms with E-state index in [1.807, 2.05) is 11.7 Å². The van der Waals surface area contributed by atoms with Gasteiger partial charge in [0.1, 0.15) is 0 Å². The van der Waals surface area contributed by atoms with Crippen molar-refractivity contribution in [2.75, 3.05) is 46.3 Å². The lowest BCUT2D eigenvalue weighted by Gasteiger charge is -2.28. The van der Waals surface area contributed by atoms with Crippen LogP contribution in [0.5, 0.6) is 0 Å². The van der Waals surface area contributed by atoms with Crippen molar-refractivity contribution < 1.29 is 0 Å². The van der Waals surface area contributed by atoms with Crippen LogP contribution in [0.25, 0.3) is 10.9 Å². The molecule has 5 nitrogen and oxygen atoms in total. The van der Waals surface area contributed by atoms with Crippen molar-refractivity contribution in [3.63, 3.8) is 0 Å². The summed E-state index contributed by atoms with van der Waals surface area (Å²) in [5.41, 5.74) is 2.39. The Morgan fingerprint density at radius 2 is 2.00 bits per heavy atom. The first-order chi connectivity index (χ1) is 10.2. The van der Waals surface area contributed by atoms with Crippen molar-refractivity contribution in [3.05, 3.63) is 30.0 Å². The number of hydrogen-bond donors (Lipinski definition) is 1. The molecule has 0 amide bonds. The van der Waals surface area contributed by atoms with Crippen LogP contribution in [-0.4, -0.2) is 65.9 Å². The van der Waals surface area contributed by atoms with Gasteiger partial charge in [0.05, 0.1) is 11.2 Å². The highest BCUT2D eigenvalue weighted by atomic mass is 15.3. The standard InChI is InChI=1S/C16H25N5/c1-19(11-12-21-9-7-17-8-10-21)13-15-14-5-3-4-6-16(14)20(2)18-15/h3-6,17H,7-13H2,1-2H3. The highest BCUT2D eigenvalue weighted by Crippen LogP contribution is 2.18. The lowest BCUT2D eigenvalue weighted by molar-refractivity contribution is 0.201. The van der Waals surface area contributed by atoms with Gasteiger partial charge in [0, 0.05) is 58.2 Å². The van der Waals surface area contributed by atoms with Crippen LogP contribution in [0.2, 0.25) is 0 Å². The SMILES string of the molecule is CN(CCN1CCNCC1)Cc1nn(C)c2ccccc12. The average Bonchev–Trinajstić information content (AvgIpc) is 2.83. The number of nitrogens with zero attached hydrogens (tertiary/aromatic N) is 4. The number of nitrogens with one attached hydrogen (secondary N) is 1. The predicted octanol–water partition coefficient (Wildman–Crippen LogP) is 0.910. The molecular weight excluding hydrogens is 262 g/mol. The molecule has 0 radical (unpaired) electrons. The maximum absolute atomic E-state index is 4.68. The van der Waals surface area contributed by atoms with E-state index in [0.29, 0.717) is 0 Å². The lowest BCUT2D eigenvalue weighted by atomic mass is 10.2. The molecule has 1 fully saturated rings. The first-order valence-corrected chi connectivity index (χ1v) is 7.76. The van der Waals surface area contributed by atoms with Gasteiger partial charge >= 0.3 is 0 Å². The molecular formula is C16H25N5. The van der Waals surface area contributed by atoms with Crippen molar-refractivity contribution in [2.24, 2.45) is 7.05 Å². The normalized spacial score (nSPS) is 16.9. The molecule has 2 aromatic rings. The molecule has 5 heteroatoms. The number of rotatable bonds is 5. The van der Waals surface area contributed by atoms with E-state index in [4.69, 9.17) is 0 Å². The monoisotopic (exact) mass is 287 g/mol. The lowest BCUT2D eigenvalue weighted by Crippen LogP contribution is -2.45. The molecule has 0 atom stereocenters. The zero-order chi connectivity index (χ0) is 14.7. The van der Waals surface area contributed by atoms with Gasteiger partial charge in [-0.05, 0) is 13.1 Å². The topological polar surface area (TPSA) is 36.3 Å². The minimum atomic E-state index is 0.910. The van der Waals surface area contributed by atoms with Crippen LogP contribution in [0.4, 0.5) is 0 Å². The zero-order valence-electron chi connectivity index (χ0n) is 13.0. The number of para-hydroxylation sites is 1. The van der Waals surface area contributed by atoms with Gasteiger partial charge in [0.25, 0.3) is 0 Å². The second-order valence-electron chi connectivity index (χ2n) is 5.92. The van der Waals surface area contributed by atoms with Crippen LogP contribution in [0, 0.1) is 0 Å². The summed E-state index contributed by atoms with van der Waals surface area (Å²) >= 11 is 0. The van der Waals surface area contributed by atoms with Gasteiger partial charge in [0.15, 0.2) is 0 Å². The Labute approximate surface area is 126 Å². The number of fused-ring (bicyclic) bond motifs is 1. The van der Waals surface area contributed by atoms with E-state index in [1.165, 1.54) is 29.7 Å². The molecule has 1 saturated heterocycles. The fraction of sp³-hybridized carbons (Fsp3) is 0.562. The maximum Gasteiger partial charge on any atom is 0.0843 e. The van der Waals surface area contributed by atoms with Crippen LogP contribution in [-0.2, 0) is 13.6 Å². The molecule has 1 aromatic heterocycles. The fourth-order valence-electron chi connectivity index (χ4n) is 2.99. The zero-order valence-corrected chi connectivity index (χ0v) is 13.0. The predicted molar refractivity (Wildman–Crippen MR) is 86.4 cm³/mol. The van der Waals surface area contributed by atoms with Gasteiger partial charge in [0.2, 0.25) is 0 Å². The molecule has 2 heterocycles. The Balaban J connectivity index is 1.59. The van der Waals surface area contributed by atoms with E-state index in [0.717, 1.165) is 32.7 Å². The molecule has 1 aliphatic rings. The van der Waals surface area contributed by atoms with Crippen molar-refractivity contribution in [2.45, 2.75) is 6.54 Å². The molecule has 0 saturated carbocycles. The number of hydrogen-bond acceptors (Lipinski definition) is 4. The van der Waals surface area contributed by atoms with E-state index in [1.54, 1.807) is 0 Å². The summed E-state index contributed by atoms with van der Waals surface area (Å²) in [7, 11) is 4.21. The molecule has 3 rings (SSSR count). The second kappa shape index (κ2) is 6.56. The third kappa shape index (κ3) is 3.43. The van der Waals surface area contributed by atoms with Crippen molar-refractivity contribution >= 4 is 10.9 Å². The summed E-state index contributed by atoms with van der Waals surface area (Å²) in [6.45, 7) is 7.71. The summed E-state index contributed by atoms with van der Waals surface area (Å²) < 4.78 is 1.98. The van der Waals surface area contributed by atoms with Gasteiger partial charge in [-0.2, -0.15) is 5.10 Å². The molecule has 21 heavy (non-hydrogen) atoms. The van der Waals surface area contributed by atoms with Gasteiger partial charge in [-0.15, -0.1) is 0 Å². The third-order valence-corrected chi connectivity index (χ3v) is 4.26. The number of benzene rings is 1. The van der Waals surface area contributed by atoms with Gasteiger partial charge < -0.3 is 5.32 Å². The van der Waals surface area contributed by atoms with Crippen LogP contribution in [0.15, 0.2) is 24.3 Å². The molecule has 0 bridgehead atoms. The van der Waals surface area contributed by atoms with Crippen LogP contribution in [0.3, 0.4) is 0 Å². The minimum Gasteiger partial charge on any atom is -0.314 e. The fourth-order valence-corrected chi connectivity index (χ4v) is 2.99. The minimum absolute atomic E-state index is 0.910. The highest BCUT2D eigenvalue weighted by molar-refractivity contribution is 5.81. The quantitative estimate of drug-likeness (QED) is 0.887. The Kier molecular flexibility index (Phi) is 4.53. The number of likely N-dealkylation sites (N-methyl/N-ethyl adjacent to an activating group) is 1. The Hall–Kier alpha value is -1.43. The molecule has 1 aromatic carbocycles.